The Balaban J connectivity index is 3.51. The molecule has 0 atom stereocenters. The second kappa shape index (κ2) is 11.4. The molecule has 0 aromatic rings. The van der Waals surface area contributed by atoms with Crippen LogP contribution in [-0.2, 0) is 14.6 Å². The lowest BCUT2D eigenvalue weighted by molar-refractivity contribution is 0.241. The van der Waals surface area contributed by atoms with Crippen LogP contribution in [0.5, 0.6) is 0 Å². The van der Waals surface area contributed by atoms with Crippen LogP contribution in [0.25, 0.3) is 0 Å². The van der Waals surface area contributed by atoms with Crippen molar-refractivity contribution in [1.29, 1.82) is 0 Å². The summed E-state index contributed by atoms with van der Waals surface area (Å²) in [5.74, 6) is 0. The van der Waals surface area contributed by atoms with Gasteiger partial charge in [0.1, 0.15) is 0 Å². The van der Waals surface area contributed by atoms with Crippen LogP contribution in [0.2, 0.25) is 0 Å². The maximum absolute atomic E-state index is 10.4. The average Bonchev–Trinajstić information content (AvgIpc) is 2.35. The van der Waals surface area contributed by atoms with Gasteiger partial charge in [-0.25, -0.2) is 4.18 Å². The lowest BCUT2D eigenvalue weighted by Gasteiger charge is -2.24. The Bertz CT molecular complexity index is 336. The van der Waals surface area contributed by atoms with Gasteiger partial charge in [-0.15, -0.1) is 0 Å². The Morgan fingerprint density at radius 2 is 1.33 bits per heavy atom. The van der Waals surface area contributed by atoms with Crippen LogP contribution in [0.15, 0.2) is 0 Å². The summed E-state index contributed by atoms with van der Waals surface area (Å²) in [6, 6.07) is 0. The third-order valence-electron chi connectivity index (χ3n) is 3.94. The van der Waals surface area contributed by atoms with Gasteiger partial charge in [-0.2, -0.15) is 8.42 Å². The van der Waals surface area contributed by atoms with E-state index in [0.29, 0.717) is 11.8 Å². The smallest absolute Gasteiger partial charge is 0.264 e. The minimum absolute atomic E-state index is 0.0757. The van der Waals surface area contributed by atoms with Gasteiger partial charge in [0.2, 0.25) is 0 Å². The minimum Gasteiger partial charge on any atom is -0.264 e. The quantitative estimate of drug-likeness (QED) is 0.355. The van der Waals surface area contributed by atoms with Gasteiger partial charge in [0, 0.05) is 0 Å². The van der Waals surface area contributed by atoms with Gasteiger partial charge in [-0.3, -0.25) is 4.55 Å². The molecule has 0 rings (SSSR count). The van der Waals surface area contributed by atoms with E-state index in [9.17, 15) is 8.42 Å². The zero-order chi connectivity index (χ0) is 16.2. The molecule has 0 fully saturated rings. The monoisotopic (exact) mass is 322 g/mol. The first-order valence-electron chi connectivity index (χ1n) is 8.39. The Morgan fingerprint density at radius 1 is 0.857 bits per heavy atom. The lowest BCUT2D eigenvalue weighted by Crippen LogP contribution is -2.12. The SMILES string of the molecule is CCCCCCCCCC(C)(C)CCCCOS(=O)(=O)O. The Morgan fingerprint density at radius 3 is 1.86 bits per heavy atom. The van der Waals surface area contributed by atoms with Crippen LogP contribution < -0.4 is 0 Å². The van der Waals surface area contributed by atoms with Crippen molar-refractivity contribution in [2.24, 2.45) is 5.41 Å². The zero-order valence-corrected chi connectivity index (χ0v) is 14.9. The molecule has 1 N–H and O–H groups in total. The highest BCUT2D eigenvalue weighted by Gasteiger charge is 2.16. The van der Waals surface area contributed by atoms with Crippen LogP contribution in [0.3, 0.4) is 0 Å². The molecule has 0 bridgehead atoms. The van der Waals surface area contributed by atoms with Crippen molar-refractivity contribution in [2.45, 2.75) is 91.4 Å². The highest BCUT2D eigenvalue weighted by atomic mass is 32.3. The van der Waals surface area contributed by atoms with Crippen molar-refractivity contribution in [2.75, 3.05) is 6.61 Å². The first-order chi connectivity index (χ1) is 9.77. The number of rotatable bonds is 14. The predicted molar refractivity (Wildman–Crippen MR) is 87.7 cm³/mol. The summed E-state index contributed by atoms with van der Waals surface area (Å²) in [4.78, 5) is 0. The molecule has 21 heavy (non-hydrogen) atoms. The molecule has 0 amide bonds. The first-order valence-corrected chi connectivity index (χ1v) is 9.75. The molecule has 0 unspecified atom stereocenters. The molecule has 4 nitrogen and oxygen atoms in total. The molecule has 0 saturated carbocycles. The van der Waals surface area contributed by atoms with Crippen molar-refractivity contribution in [3.8, 4) is 0 Å². The number of unbranched alkanes of at least 4 members (excludes halogenated alkanes) is 7. The Kier molecular flexibility index (Phi) is 11.4. The van der Waals surface area contributed by atoms with Gasteiger partial charge in [-0.1, -0.05) is 72.1 Å². The Labute approximate surface area is 131 Å². The summed E-state index contributed by atoms with van der Waals surface area (Å²) in [6.45, 7) is 6.86. The topological polar surface area (TPSA) is 63.6 Å². The van der Waals surface area contributed by atoms with E-state index in [-0.39, 0.29) is 6.61 Å². The fourth-order valence-corrected chi connectivity index (χ4v) is 2.88. The van der Waals surface area contributed by atoms with Gasteiger partial charge in [0.25, 0.3) is 0 Å². The van der Waals surface area contributed by atoms with Crippen molar-refractivity contribution >= 4 is 10.4 Å². The lowest BCUT2D eigenvalue weighted by atomic mass is 9.82. The fourth-order valence-electron chi connectivity index (χ4n) is 2.56. The van der Waals surface area contributed by atoms with Crippen LogP contribution in [0.1, 0.15) is 91.4 Å². The second-order valence-electron chi connectivity index (χ2n) is 6.74. The normalized spacial score (nSPS) is 12.8. The molecule has 0 heterocycles. The van der Waals surface area contributed by atoms with E-state index in [2.05, 4.69) is 25.0 Å². The number of hydrogen-bond donors (Lipinski definition) is 1. The van der Waals surface area contributed by atoms with E-state index < -0.39 is 10.4 Å². The van der Waals surface area contributed by atoms with Crippen LogP contribution in [0.4, 0.5) is 0 Å². The van der Waals surface area contributed by atoms with E-state index >= 15 is 0 Å². The Hall–Kier alpha value is -0.130. The van der Waals surface area contributed by atoms with E-state index in [0.717, 1.165) is 12.8 Å². The standard InChI is InChI=1S/C16H34O4S/c1-4-5-6-7-8-9-10-13-16(2,3)14-11-12-15-20-21(17,18)19/h4-15H2,1-3H3,(H,17,18,19). The summed E-state index contributed by atoms with van der Waals surface area (Å²) in [6.07, 6.45) is 13.2. The summed E-state index contributed by atoms with van der Waals surface area (Å²) in [5.41, 5.74) is 0.307. The molecular weight excluding hydrogens is 288 g/mol. The maximum atomic E-state index is 10.4. The van der Waals surface area contributed by atoms with Gasteiger partial charge in [-0.05, 0) is 24.7 Å². The first kappa shape index (κ1) is 20.9. The minimum atomic E-state index is -4.27. The van der Waals surface area contributed by atoms with Gasteiger partial charge >= 0.3 is 10.4 Å². The van der Waals surface area contributed by atoms with E-state index in [1.165, 1.54) is 51.4 Å². The van der Waals surface area contributed by atoms with Crippen molar-refractivity contribution in [3.05, 3.63) is 0 Å². The average molecular weight is 323 g/mol. The largest absolute Gasteiger partial charge is 0.397 e. The highest BCUT2D eigenvalue weighted by molar-refractivity contribution is 7.80. The summed E-state index contributed by atoms with van der Waals surface area (Å²) in [5, 5.41) is 0. The maximum Gasteiger partial charge on any atom is 0.397 e. The van der Waals surface area contributed by atoms with E-state index in [1.54, 1.807) is 0 Å². The predicted octanol–water partition coefficient (Wildman–Crippen LogP) is 5.14. The van der Waals surface area contributed by atoms with Gasteiger partial charge in [0.15, 0.2) is 0 Å². The molecule has 0 saturated heterocycles. The fraction of sp³-hybridized carbons (Fsp3) is 1.00. The third kappa shape index (κ3) is 16.1. The van der Waals surface area contributed by atoms with Crippen molar-refractivity contribution in [1.82, 2.24) is 0 Å². The van der Waals surface area contributed by atoms with E-state index in [4.69, 9.17) is 4.55 Å². The highest BCUT2D eigenvalue weighted by Crippen LogP contribution is 2.30. The van der Waals surface area contributed by atoms with Crippen molar-refractivity contribution < 1.29 is 17.2 Å². The summed E-state index contributed by atoms with van der Waals surface area (Å²) < 4.78 is 33.6. The third-order valence-corrected chi connectivity index (χ3v) is 4.40. The molecule has 0 aliphatic carbocycles. The molecule has 128 valence electrons. The summed E-state index contributed by atoms with van der Waals surface area (Å²) >= 11 is 0. The molecule has 5 heteroatoms. The molecule has 0 aromatic carbocycles. The van der Waals surface area contributed by atoms with Crippen LogP contribution in [-0.4, -0.2) is 19.6 Å². The van der Waals surface area contributed by atoms with Gasteiger partial charge < -0.3 is 0 Å². The molecular formula is C16H34O4S. The van der Waals surface area contributed by atoms with Gasteiger partial charge in [0.05, 0.1) is 6.61 Å². The van der Waals surface area contributed by atoms with E-state index in [1.807, 2.05) is 0 Å². The summed E-state index contributed by atoms with van der Waals surface area (Å²) in [7, 11) is -4.27. The molecule has 0 aliphatic heterocycles. The molecule has 0 aliphatic rings. The second-order valence-corrected chi connectivity index (χ2v) is 7.83. The molecule has 0 aromatic heterocycles. The number of hydrogen-bond acceptors (Lipinski definition) is 3. The van der Waals surface area contributed by atoms with Crippen LogP contribution in [0, 0.1) is 5.41 Å². The van der Waals surface area contributed by atoms with Crippen LogP contribution >= 0.6 is 0 Å². The molecule has 0 radical (unpaired) electrons. The van der Waals surface area contributed by atoms with Crippen molar-refractivity contribution in [3.63, 3.8) is 0 Å². The molecule has 0 spiro atoms. The zero-order valence-electron chi connectivity index (χ0n) is 14.1.